The molecule has 1 saturated carbocycles. The lowest BCUT2D eigenvalue weighted by atomic mass is 9.85. The summed E-state index contributed by atoms with van der Waals surface area (Å²) in [5.41, 5.74) is 3.46. The number of nitrogens with one attached hydrogen (secondary N) is 2. The van der Waals surface area contributed by atoms with Crippen LogP contribution in [0, 0.1) is 5.92 Å². The number of aromatic nitrogens is 5. The second-order valence-corrected chi connectivity index (χ2v) is 9.55. The van der Waals surface area contributed by atoms with Gasteiger partial charge in [-0.05, 0) is 57.2 Å². The van der Waals surface area contributed by atoms with Crippen molar-refractivity contribution in [2.75, 3.05) is 36.9 Å². The van der Waals surface area contributed by atoms with E-state index in [1.165, 1.54) is 25.7 Å². The number of anilines is 2. The second kappa shape index (κ2) is 9.97. The maximum atomic E-state index is 13.0. The molecule has 0 amide bonds. The van der Waals surface area contributed by atoms with Gasteiger partial charge in [-0.3, -0.25) is 14.3 Å². The molecule has 2 N–H and O–H groups in total. The zero-order chi connectivity index (χ0) is 23.5. The molecule has 2 aliphatic rings. The van der Waals surface area contributed by atoms with Gasteiger partial charge in [0.15, 0.2) is 0 Å². The Hall–Kier alpha value is -3.20. The fraction of sp³-hybridized carbons (Fsp3) is 0.520. The molecule has 5 rings (SSSR count). The molecule has 1 saturated heterocycles. The highest BCUT2D eigenvalue weighted by Gasteiger charge is 2.23. The van der Waals surface area contributed by atoms with Crippen molar-refractivity contribution in [3.05, 3.63) is 53.3 Å². The summed E-state index contributed by atoms with van der Waals surface area (Å²) in [6.45, 7) is 5.03. The lowest BCUT2D eigenvalue weighted by Crippen LogP contribution is -2.47. The highest BCUT2D eigenvalue weighted by Crippen LogP contribution is 2.26. The summed E-state index contributed by atoms with van der Waals surface area (Å²) in [5, 5.41) is 15.4. The summed E-state index contributed by atoms with van der Waals surface area (Å²) >= 11 is 0. The van der Waals surface area contributed by atoms with E-state index in [1.807, 2.05) is 38.5 Å². The highest BCUT2D eigenvalue weighted by molar-refractivity contribution is 5.62. The number of piperidine rings is 1. The van der Waals surface area contributed by atoms with Crippen LogP contribution in [0.2, 0.25) is 0 Å². The summed E-state index contributed by atoms with van der Waals surface area (Å²) in [6, 6.07) is 6.27. The van der Waals surface area contributed by atoms with Crippen molar-refractivity contribution in [2.24, 2.45) is 5.92 Å². The molecule has 4 heterocycles. The van der Waals surface area contributed by atoms with E-state index in [0.29, 0.717) is 6.04 Å². The summed E-state index contributed by atoms with van der Waals surface area (Å²) in [6.07, 6.45) is 13.4. The highest BCUT2D eigenvalue weighted by atomic mass is 16.1. The average molecular weight is 463 g/mol. The molecule has 0 spiro atoms. The normalized spacial score (nSPS) is 19.6. The molecular weight excluding hydrogens is 428 g/mol. The van der Waals surface area contributed by atoms with Crippen molar-refractivity contribution in [2.45, 2.75) is 51.2 Å². The van der Waals surface area contributed by atoms with Crippen LogP contribution >= 0.6 is 0 Å². The van der Waals surface area contributed by atoms with E-state index in [-0.39, 0.29) is 11.7 Å². The first-order chi connectivity index (χ1) is 16.6. The standard InChI is InChI=1S/C25H34N8O/c1-18(33-17-24(29-30-33)20-11-22(26-2)15-27-14-20)32-10-8-23(12-25(32)34)31-9-4-7-21(16-31)28-13-19-5-3-6-19/h8,10-12,14-15,17-19,21,26,28H,3-7,9,13,16H2,1-2H3/t18?,21-/m1/s1. The van der Waals surface area contributed by atoms with Crippen LogP contribution in [0.15, 0.2) is 47.8 Å². The summed E-state index contributed by atoms with van der Waals surface area (Å²) in [4.78, 5) is 19.6. The van der Waals surface area contributed by atoms with E-state index < -0.39 is 0 Å². The predicted molar refractivity (Wildman–Crippen MR) is 134 cm³/mol. The Morgan fingerprint density at radius 2 is 2.06 bits per heavy atom. The lowest BCUT2D eigenvalue weighted by Gasteiger charge is -2.36. The average Bonchev–Trinajstić information content (AvgIpc) is 3.33. The first kappa shape index (κ1) is 22.6. The molecule has 34 heavy (non-hydrogen) atoms. The van der Waals surface area contributed by atoms with Crippen LogP contribution in [0.1, 0.15) is 45.2 Å². The Kier molecular flexibility index (Phi) is 6.62. The Labute approximate surface area is 200 Å². The minimum atomic E-state index is -0.290. The predicted octanol–water partition coefficient (Wildman–Crippen LogP) is 2.97. The van der Waals surface area contributed by atoms with Crippen LogP contribution in [0.25, 0.3) is 11.3 Å². The SMILES string of the molecule is CNc1cncc(-c2cn(C(C)n3ccc(N4CCC[C@@H](NCC5CCC5)C4)cc3=O)nn2)c1. The van der Waals surface area contributed by atoms with Gasteiger partial charge in [-0.1, -0.05) is 11.6 Å². The van der Waals surface area contributed by atoms with Crippen LogP contribution in [-0.2, 0) is 0 Å². The molecule has 2 atom stereocenters. The van der Waals surface area contributed by atoms with Crippen molar-refractivity contribution in [3.63, 3.8) is 0 Å². The number of rotatable bonds is 8. The smallest absolute Gasteiger partial charge is 0.254 e. The monoisotopic (exact) mass is 462 g/mol. The van der Waals surface area contributed by atoms with Crippen molar-refractivity contribution >= 4 is 11.4 Å². The number of nitrogens with zero attached hydrogens (tertiary/aromatic N) is 6. The Morgan fingerprint density at radius 3 is 2.82 bits per heavy atom. The third-order valence-electron chi connectivity index (χ3n) is 7.26. The third-order valence-corrected chi connectivity index (χ3v) is 7.26. The van der Waals surface area contributed by atoms with E-state index >= 15 is 0 Å². The maximum absolute atomic E-state index is 13.0. The largest absolute Gasteiger partial charge is 0.387 e. The van der Waals surface area contributed by atoms with Gasteiger partial charge in [-0.25, -0.2) is 4.68 Å². The van der Waals surface area contributed by atoms with Crippen molar-refractivity contribution < 1.29 is 0 Å². The quantitative estimate of drug-likeness (QED) is 0.532. The van der Waals surface area contributed by atoms with Crippen molar-refractivity contribution in [3.8, 4) is 11.3 Å². The lowest BCUT2D eigenvalue weighted by molar-refractivity contribution is 0.280. The van der Waals surface area contributed by atoms with Gasteiger partial charge in [-0.2, -0.15) is 0 Å². The molecule has 0 aromatic carbocycles. The van der Waals surface area contributed by atoms with Crippen LogP contribution in [0.4, 0.5) is 11.4 Å². The topological polar surface area (TPSA) is 92.9 Å². The first-order valence-electron chi connectivity index (χ1n) is 12.4. The van der Waals surface area contributed by atoms with Crippen LogP contribution in [-0.4, -0.2) is 57.3 Å². The first-order valence-corrected chi connectivity index (χ1v) is 12.4. The molecule has 2 fully saturated rings. The maximum Gasteiger partial charge on any atom is 0.254 e. The van der Waals surface area contributed by atoms with Gasteiger partial charge in [-0.15, -0.1) is 5.10 Å². The zero-order valence-corrected chi connectivity index (χ0v) is 20.0. The molecule has 1 aliphatic heterocycles. The van der Waals surface area contributed by atoms with Gasteiger partial charge in [0, 0.05) is 62.1 Å². The van der Waals surface area contributed by atoms with Crippen molar-refractivity contribution in [1.82, 2.24) is 29.9 Å². The summed E-state index contributed by atoms with van der Waals surface area (Å²) in [7, 11) is 1.85. The van der Waals surface area contributed by atoms with E-state index in [9.17, 15) is 4.79 Å². The number of pyridine rings is 2. The molecule has 0 radical (unpaired) electrons. The molecule has 3 aromatic heterocycles. The number of hydrogen-bond donors (Lipinski definition) is 2. The van der Waals surface area contributed by atoms with Crippen molar-refractivity contribution in [1.29, 1.82) is 0 Å². The molecule has 9 nitrogen and oxygen atoms in total. The molecular formula is C25H34N8O. The zero-order valence-electron chi connectivity index (χ0n) is 20.0. The molecule has 1 unspecified atom stereocenters. The van der Waals surface area contributed by atoms with Gasteiger partial charge in [0.25, 0.3) is 5.56 Å². The fourth-order valence-corrected chi connectivity index (χ4v) is 4.83. The van der Waals surface area contributed by atoms with Gasteiger partial charge in [0.1, 0.15) is 11.9 Å². The van der Waals surface area contributed by atoms with Gasteiger partial charge in [0.2, 0.25) is 0 Å². The molecule has 1 aliphatic carbocycles. The second-order valence-electron chi connectivity index (χ2n) is 9.55. The Morgan fingerprint density at radius 1 is 1.18 bits per heavy atom. The minimum absolute atomic E-state index is 0.0366. The Balaban J connectivity index is 1.27. The molecule has 0 bridgehead atoms. The molecule has 9 heteroatoms. The summed E-state index contributed by atoms with van der Waals surface area (Å²) in [5.74, 6) is 0.863. The van der Waals surface area contributed by atoms with E-state index in [2.05, 4.69) is 30.8 Å². The van der Waals surface area contributed by atoms with Gasteiger partial charge in [0.05, 0.1) is 11.9 Å². The van der Waals surface area contributed by atoms with Gasteiger partial charge < -0.3 is 15.5 Å². The van der Waals surface area contributed by atoms with Crippen LogP contribution < -0.4 is 21.1 Å². The third kappa shape index (κ3) is 4.84. The Bertz CT molecular complexity index is 1170. The molecule has 180 valence electrons. The minimum Gasteiger partial charge on any atom is -0.387 e. The van der Waals surface area contributed by atoms with Crippen LogP contribution in [0.3, 0.4) is 0 Å². The van der Waals surface area contributed by atoms with E-state index in [0.717, 1.165) is 54.6 Å². The van der Waals surface area contributed by atoms with Crippen LogP contribution in [0.5, 0.6) is 0 Å². The fourth-order valence-electron chi connectivity index (χ4n) is 4.83. The number of hydrogen-bond acceptors (Lipinski definition) is 7. The van der Waals surface area contributed by atoms with Gasteiger partial charge >= 0.3 is 0 Å². The van der Waals surface area contributed by atoms with E-state index in [4.69, 9.17) is 0 Å². The van der Waals surface area contributed by atoms with E-state index in [1.54, 1.807) is 27.7 Å². The molecule has 3 aromatic rings. The summed E-state index contributed by atoms with van der Waals surface area (Å²) < 4.78 is 3.41.